The van der Waals surface area contributed by atoms with Gasteiger partial charge in [-0.05, 0) is 62.9 Å². The third-order valence-electron chi connectivity index (χ3n) is 2.93. The summed E-state index contributed by atoms with van der Waals surface area (Å²) >= 11 is 0. The second-order valence-electron chi connectivity index (χ2n) is 4.42. The zero-order valence-electron chi connectivity index (χ0n) is 9.30. The van der Waals surface area contributed by atoms with E-state index in [-0.39, 0.29) is 0 Å². The Morgan fingerprint density at radius 1 is 1.43 bits per heavy atom. The fourth-order valence-corrected chi connectivity index (χ4v) is 2.18. The highest BCUT2D eigenvalue weighted by molar-refractivity contribution is 5.57. The second-order valence-corrected chi connectivity index (χ2v) is 4.42. The molecule has 0 amide bonds. The lowest BCUT2D eigenvalue weighted by Gasteiger charge is -2.34. The van der Waals surface area contributed by atoms with E-state index >= 15 is 0 Å². The molecule has 0 aliphatic carbocycles. The summed E-state index contributed by atoms with van der Waals surface area (Å²) in [7, 11) is 0. The standard InChI is InChI=1S/C13H18N/c1-10(2)14-8-4-5-12-7-6-11(3)9-13(12)14/h7,9-10H,4-5,8H2,1-3H3. The number of anilines is 1. The number of hydrogen-bond acceptors (Lipinski definition) is 1. The smallest absolute Gasteiger partial charge is 0.0404 e. The number of hydrogen-bond donors (Lipinski definition) is 0. The third-order valence-corrected chi connectivity index (χ3v) is 2.93. The molecule has 2 rings (SSSR count). The summed E-state index contributed by atoms with van der Waals surface area (Å²) in [5.41, 5.74) is 4.15. The first-order valence-corrected chi connectivity index (χ1v) is 5.46. The summed E-state index contributed by atoms with van der Waals surface area (Å²) in [6, 6.07) is 8.34. The summed E-state index contributed by atoms with van der Waals surface area (Å²) < 4.78 is 0. The van der Waals surface area contributed by atoms with E-state index < -0.39 is 0 Å². The van der Waals surface area contributed by atoms with Crippen LogP contribution in [0.3, 0.4) is 0 Å². The number of fused-ring (bicyclic) bond motifs is 1. The van der Waals surface area contributed by atoms with E-state index in [1.54, 1.807) is 0 Å². The summed E-state index contributed by atoms with van der Waals surface area (Å²) in [5.74, 6) is 0. The van der Waals surface area contributed by atoms with Crippen molar-refractivity contribution in [2.45, 2.75) is 39.7 Å². The Labute approximate surface area is 86.7 Å². The highest BCUT2D eigenvalue weighted by Crippen LogP contribution is 2.29. The predicted molar refractivity (Wildman–Crippen MR) is 60.8 cm³/mol. The van der Waals surface area contributed by atoms with Crippen molar-refractivity contribution in [1.82, 2.24) is 0 Å². The third kappa shape index (κ3) is 1.63. The topological polar surface area (TPSA) is 3.24 Å². The van der Waals surface area contributed by atoms with Gasteiger partial charge in [-0.1, -0.05) is 0 Å². The van der Waals surface area contributed by atoms with Gasteiger partial charge in [0.05, 0.1) is 0 Å². The minimum atomic E-state index is 0.607. The van der Waals surface area contributed by atoms with Crippen LogP contribution in [0.25, 0.3) is 0 Å². The number of rotatable bonds is 1. The van der Waals surface area contributed by atoms with E-state index in [2.05, 4.69) is 43.9 Å². The summed E-state index contributed by atoms with van der Waals surface area (Å²) in [6.07, 6.45) is 2.50. The Morgan fingerprint density at radius 3 is 2.93 bits per heavy atom. The van der Waals surface area contributed by atoms with Crippen LogP contribution in [-0.4, -0.2) is 12.6 Å². The van der Waals surface area contributed by atoms with E-state index in [0.717, 1.165) is 0 Å². The number of aryl methyl sites for hydroxylation is 2. The molecule has 0 fully saturated rings. The molecule has 1 aromatic rings. The van der Waals surface area contributed by atoms with Crippen LogP contribution in [0.4, 0.5) is 5.69 Å². The highest BCUT2D eigenvalue weighted by atomic mass is 15.2. The maximum Gasteiger partial charge on any atom is 0.0404 e. The Hall–Kier alpha value is -0.980. The van der Waals surface area contributed by atoms with Gasteiger partial charge in [0.15, 0.2) is 0 Å². The molecule has 1 aromatic carbocycles. The lowest BCUT2D eigenvalue weighted by Crippen LogP contribution is -2.35. The Balaban J connectivity index is 2.41. The van der Waals surface area contributed by atoms with Crippen LogP contribution in [0.1, 0.15) is 31.4 Å². The van der Waals surface area contributed by atoms with Crippen LogP contribution in [0.5, 0.6) is 0 Å². The average molecular weight is 188 g/mol. The molecule has 0 spiro atoms. The van der Waals surface area contributed by atoms with Crippen molar-refractivity contribution in [1.29, 1.82) is 0 Å². The van der Waals surface area contributed by atoms with E-state index in [0.29, 0.717) is 6.04 Å². The molecular weight excluding hydrogens is 170 g/mol. The van der Waals surface area contributed by atoms with Gasteiger partial charge in [-0.3, -0.25) is 0 Å². The molecule has 1 aliphatic heterocycles. The van der Waals surface area contributed by atoms with E-state index in [1.165, 1.54) is 36.2 Å². The Kier molecular flexibility index (Phi) is 2.49. The van der Waals surface area contributed by atoms with Crippen molar-refractivity contribution >= 4 is 5.69 Å². The molecule has 1 heterocycles. The summed E-state index contributed by atoms with van der Waals surface area (Å²) in [4.78, 5) is 2.50. The first-order chi connectivity index (χ1) is 6.68. The van der Waals surface area contributed by atoms with Gasteiger partial charge < -0.3 is 4.90 Å². The van der Waals surface area contributed by atoms with Crippen molar-refractivity contribution in [3.05, 3.63) is 29.3 Å². The van der Waals surface area contributed by atoms with Gasteiger partial charge in [0.2, 0.25) is 0 Å². The fourth-order valence-electron chi connectivity index (χ4n) is 2.18. The quantitative estimate of drug-likeness (QED) is 0.655. The highest BCUT2D eigenvalue weighted by Gasteiger charge is 2.18. The molecule has 0 unspecified atom stereocenters. The lowest BCUT2D eigenvalue weighted by atomic mass is 9.99. The molecule has 14 heavy (non-hydrogen) atoms. The largest absolute Gasteiger partial charge is 0.369 e. The van der Waals surface area contributed by atoms with Gasteiger partial charge in [-0.25, -0.2) is 0 Å². The molecule has 75 valence electrons. The van der Waals surface area contributed by atoms with Crippen molar-refractivity contribution in [3.63, 3.8) is 0 Å². The van der Waals surface area contributed by atoms with Crippen LogP contribution >= 0.6 is 0 Å². The minimum Gasteiger partial charge on any atom is -0.369 e. The van der Waals surface area contributed by atoms with Gasteiger partial charge >= 0.3 is 0 Å². The van der Waals surface area contributed by atoms with Crippen molar-refractivity contribution in [2.75, 3.05) is 11.4 Å². The molecule has 1 nitrogen and oxygen atoms in total. The average Bonchev–Trinajstić information content (AvgIpc) is 2.16. The second kappa shape index (κ2) is 3.64. The molecule has 1 radical (unpaired) electrons. The zero-order valence-corrected chi connectivity index (χ0v) is 9.30. The lowest BCUT2D eigenvalue weighted by molar-refractivity contribution is 0.625. The molecule has 1 heteroatoms. The molecule has 1 aliphatic rings. The van der Waals surface area contributed by atoms with Crippen LogP contribution in [0.2, 0.25) is 0 Å². The number of benzene rings is 1. The van der Waals surface area contributed by atoms with Crippen LogP contribution in [0, 0.1) is 13.0 Å². The van der Waals surface area contributed by atoms with E-state index in [1.807, 2.05) is 0 Å². The molecular formula is C13H18N. The van der Waals surface area contributed by atoms with Gasteiger partial charge in [-0.2, -0.15) is 0 Å². The van der Waals surface area contributed by atoms with Crippen LogP contribution in [-0.2, 0) is 6.42 Å². The summed E-state index contributed by atoms with van der Waals surface area (Å²) in [5, 5.41) is 0. The Bertz CT molecular complexity index is 328. The summed E-state index contributed by atoms with van der Waals surface area (Å²) in [6.45, 7) is 7.85. The van der Waals surface area contributed by atoms with Gasteiger partial charge in [0.1, 0.15) is 0 Å². The van der Waals surface area contributed by atoms with Gasteiger partial charge in [0.25, 0.3) is 0 Å². The first-order valence-electron chi connectivity index (χ1n) is 5.46. The zero-order chi connectivity index (χ0) is 10.1. The van der Waals surface area contributed by atoms with Crippen molar-refractivity contribution < 1.29 is 0 Å². The predicted octanol–water partition coefficient (Wildman–Crippen LogP) is 2.96. The van der Waals surface area contributed by atoms with Crippen molar-refractivity contribution in [3.8, 4) is 0 Å². The number of nitrogens with zero attached hydrogens (tertiary/aromatic N) is 1. The maximum absolute atomic E-state index is 3.29. The van der Waals surface area contributed by atoms with E-state index in [4.69, 9.17) is 0 Å². The fraction of sp³-hybridized carbons (Fsp3) is 0.538. The van der Waals surface area contributed by atoms with Gasteiger partial charge in [-0.15, -0.1) is 0 Å². The molecule has 0 aromatic heterocycles. The molecule has 0 saturated carbocycles. The molecule has 0 bridgehead atoms. The van der Waals surface area contributed by atoms with E-state index in [9.17, 15) is 0 Å². The van der Waals surface area contributed by atoms with Crippen molar-refractivity contribution in [2.24, 2.45) is 0 Å². The van der Waals surface area contributed by atoms with Gasteiger partial charge in [0, 0.05) is 18.3 Å². The normalized spacial score (nSPS) is 15.9. The SMILES string of the molecule is Cc1[c]cc2c(c1)N(C(C)C)CCC2. The molecule has 0 N–H and O–H groups in total. The first kappa shape index (κ1) is 9.57. The minimum absolute atomic E-state index is 0.607. The van der Waals surface area contributed by atoms with Crippen LogP contribution < -0.4 is 4.90 Å². The molecule has 0 atom stereocenters. The Morgan fingerprint density at radius 2 is 2.21 bits per heavy atom. The molecule has 0 saturated heterocycles. The van der Waals surface area contributed by atoms with Crippen LogP contribution in [0.15, 0.2) is 12.1 Å². The monoisotopic (exact) mass is 188 g/mol. The maximum atomic E-state index is 3.29.